The Morgan fingerprint density at radius 2 is 2.21 bits per heavy atom. The highest BCUT2D eigenvalue weighted by atomic mass is 19.1. The van der Waals surface area contributed by atoms with E-state index in [1.807, 2.05) is 6.92 Å². The van der Waals surface area contributed by atoms with E-state index in [9.17, 15) is 4.39 Å². The third kappa shape index (κ3) is 3.78. The van der Waals surface area contributed by atoms with Crippen molar-refractivity contribution in [2.24, 2.45) is 5.92 Å². The second kappa shape index (κ2) is 6.17. The van der Waals surface area contributed by atoms with Gasteiger partial charge in [-0.25, -0.2) is 9.37 Å². The summed E-state index contributed by atoms with van der Waals surface area (Å²) >= 11 is 0. The number of hydrogen-bond donors (Lipinski definition) is 1. The van der Waals surface area contributed by atoms with Gasteiger partial charge in [-0.15, -0.1) is 0 Å². The summed E-state index contributed by atoms with van der Waals surface area (Å²) in [5.41, 5.74) is 0. The van der Waals surface area contributed by atoms with Crippen molar-refractivity contribution < 1.29 is 4.39 Å². The molecule has 106 valence electrons. The van der Waals surface area contributed by atoms with Gasteiger partial charge in [-0.1, -0.05) is 13.8 Å². The molecule has 4 nitrogen and oxygen atoms in total. The van der Waals surface area contributed by atoms with E-state index in [-0.39, 0.29) is 5.82 Å². The van der Waals surface area contributed by atoms with Gasteiger partial charge in [0.1, 0.15) is 0 Å². The molecule has 2 rings (SSSR count). The van der Waals surface area contributed by atoms with E-state index in [4.69, 9.17) is 0 Å². The minimum atomic E-state index is -0.322. The maximum absolute atomic E-state index is 14.0. The van der Waals surface area contributed by atoms with Crippen LogP contribution < -0.4 is 10.2 Å². The molecule has 1 aromatic rings. The lowest BCUT2D eigenvalue weighted by Crippen LogP contribution is -2.30. The minimum absolute atomic E-state index is 0.322. The molecule has 0 radical (unpaired) electrons. The lowest BCUT2D eigenvalue weighted by atomic mass is 10.1. The van der Waals surface area contributed by atoms with E-state index in [0.29, 0.717) is 23.7 Å². The lowest BCUT2D eigenvalue weighted by molar-refractivity contribution is 0.552. The Hall–Kier alpha value is -1.39. The zero-order valence-corrected chi connectivity index (χ0v) is 12.0. The molecule has 0 amide bonds. The molecule has 1 heterocycles. The number of anilines is 2. The van der Waals surface area contributed by atoms with Crippen LogP contribution in [0.15, 0.2) is 6.20 Å². The summed E-state index contributed by atoms with van der Waals surface area (Å²) in [5, 5.41) is 3.04. The van der Waals surface area contributed by atoms with Gasteiger partial charge in [0.05, 0.1) is 6.20 Å². The SMILES string of the molecule is CCNc1ncc(F)c(N(CCC(C)C)C2CC2)n1. The molecule has 0 spiro atoms. The van der Waals surface area contributed by atoms with Gasteiger partial charge in [-0.3, -0.25) is 0 Å². The quantitative estimate of drug-likeness (QED) is 0.823. The fraction of sp³-hybridized carbons (Fsp3) is 0.714. The normalized spacial score (nSPS) is 14.8. The second-order valence-corrected chi connectivity index (χ2v) is 5.50. The molecule has 1 aliphatic rings. The Bertz CT molecular complexity index is 418. The highest BCUT2D eigenvalue weighted by Gasteiger charge is 2.31. The first-order valence-electron chi connectivity index (χ1n) is 7.14. The van der Waals surface area contributed by atoms with Crippen LogP contribution in [-0.4, -0.2) is 29.1 Å². The predicted molar refractivity (Wildman–Crippen MR) is 76.0 cm³/mol. The first kappa shape index (κ1) is 14.0. The molecular formula is C14H23FN4. The summed E-state index contributed by atoms with van der Waals surface area (Å²) in [6, 6.07) is 0.456. The minimum Gasteiger partial charge on any atom is -0.354 e. The summed E-state index contributed by atoms with van der Waals surface area (Å²) in [7, 11) is 0. The van der Waals surface area contributed by atoms with Crippen molar-refractivity contribution in [3.05, 3.63) is 12.0 Å². The van der Waals surface area contributed by atoms with E-state index >= 15 is 0 Å². The molecule has 0 bridgehead atoms. The smallest absolute Gasteiger partial charge is 0.224 e. The summed E-state index contributed by atoms with van der Waals surface area (Å²) in [5.74, 6) is 1.25. The number of nitrogens with zero attached hydrogens (tertiary/aromatic N) is 3. The van der Waals surface area contributed by atoms with E-state index in [1.165, 1.54) is 6.20 Å². The van der Waals surface area contributed by atoms with Crippen molar-refractivity contribution in [2.45, 2.75) is 46.1 Å². The van der Waals surface area contributed by atoms with Crippen molar-refractivity contribution in [3.63, 3.8) is 0 Å². The van der Waals surface area contributed by atoms with Crippen LogP contribution in [0.1, 0.15) is 40.0 Å². The summed E-state index contributed by atoms with van der Waals surface area (Å²) in [6.07, 6.45) is 4.59. The molecule has 19 heavy (non-hydrogen) atoms. The molecule has 0 saturated heterocycles. The molecular weight excluding hydrogens is 243 g/mol. The lowest BCUT2D eigenvalue weighted by Gasteiger charge is -2.25. The highest BCUT2D eigenvalue weighted by Crippen LogP contribution is 2.32. The molecule has 1 N–H and O–H groups in total. The molecule has 1 saturated carbocycles. The third-order valence-electron chi connectivity index (χ3n) is 3.27. The predicted octanol–water partition coefficient (Wildman–Crippen LogP) is 3.06. The van der Waals surface area contributed by atoms with Crippen molar-refractivity contribution in [1.29, 1.82) is 0 Å². The standard InChI is InChI=1S/C14H23FN4/c1-4-16-14-17-9-12(15)13(18-14)19(11-5-6-11)8-7-10(2)3/h9-11H,4-8H2,1-3H3,(H,16,17,18). The first-order chi connectivity index (χ1) is 9.11. The van der Waals surface area contributed by atoms with Crippen LogP contribution in [0, 0.1) is 11.7 Å². The van der Waals surface area contributed by atoms with Crippen LogP contribution in [0.25, 0.3) is 0 Å². The average molecular weight is 266 g/mol. The van der Waals surface area contributed by atoms with Crippen molar-refractivity contribution in [1.82, 2.24) is 9.97 Å². The highest BCUT2D eigenvalue weighted by molar-refractivity contribution is 5.46. The Labute approximate surface area is 114 Å². The number of hydrogen-bond acceptors (Lipinski definition) is 4. The third-order valence-corrected chi connectivity index (χ3v) is 3.27. The molecule has 0 aromatic carbocycles. The van der Waals surface area contributed by atoms with Gasteiger partial charge in [-0.05, 0) is 32.1 Å². The second-order valence-electron chi connectivity index (χ2n) is 5.50. The van der Waals surface area contributed by atoms with Gasteiger partial charge in [0, 0.05) is 19.1 Å². The Morgan fingerprint density at radius 3 is 2.79 bits per heavy atom. The van der Waals surface area contributed by atoms with Crippen molar-refractivity contribution >= 4 is 11.8 Å². The Morgan fingerprint density at radius 1 is 1.47 bits per heavy atom. The molecule has 0 atom stereocenters. The number of aromatic nitrogens is 2. The Kier molecular flexibility index (Phi) is 4.56. The monoisotopic (exact) mass is 266 g/mol. The molecule has 5 heteroatoms. The van der Waals surface area contributed by atoms with E-state index in [0.717, 1.165) is 32.4 Å². The van der Waals surface area contributed by atoms with Gasteiger partial charge < -0.3 is 10.2 Å². The van der Waals surface area contributed by atoms with Gasteiger partial charge >= 0.3 is 0 Å². The topological polar surface area (TPSA) is 41.1 Å². The zero-order chi connectivity index (χ0) is 13.8. The molecule has 0 aliphatic heterocycles. The zero-order valence-electron chi connectivity index (χ0n) is 12.0. The van der Waals surface area contributed by atoms with Crippen LogP contribution in [0.2, 0.25) is 0 Å². The molecule has 0 unspecified atom stereocenters. The van der Waals surface area contributed by atoms with E-state index < -0.39 is 0 Å². The molecule has 1 fully saturated rings. The maximum atomic E-state index is 14.0. The Balaban J connectivity index is 2.17. The summed E-state index contributed by atoms with van der Waals surface area (Å²) in [6.45, 7) is 7.95. The largest absolute Gasteiger partial charge is 0.354 e. The van der Waals surface area contributed by atoms with Gasteiger partial charge in [-0.2, -0.15) is 4.98 Å². The van der Waals surface area contributed by atoms with E-state index in [2.05, 4.69) is 34.0 Å². The average Bonchev–Trinajstić information content (AvgIpc) is 3.17. The van der Waals surface area contributed by atoms with Gasteiger partial charge in [0.15, 0.2) is 11.6 Å². The molecule has 1 aliphatic carbocycles. The molecule has 1 aromatic heterocycles. The number of halogens is 1. The summed E-state index contributed by atoms with van der Waals surface area (Å²) < 4.78 is 14.0. The fourth-order valence-electron chi connectivity index (χ4n) is 2.05. The van der Waals surface area contributed by atoms with E-state index in [1.54, 1.807) is 0 Å². The number of nitrogens with one attached hydrogen (secondary N) is 1. The van der Waals surface area contributed by atoms with Crippen LogP contribution >= 0.6 is 0 Å². The van der Waals surface area contributed by atoms with Gasteiger partial charge in [0.25, 0.3) is 0 Å². The van der Waals surface area contributed by atoms with Crippen LogP contribution in [0.4, 0.5) is 16.2 Å². The van der Waals surface area contributed by atoms with Gasteiger partial charge in [0.2, 0.25) is 5.95 Å². The number of rotatable bonds is 7. The first-order valence-corrected chi connectivity index (χ1v) is 7.14. The van der Waals surface area contributed by atoms with Crippen LogP contribution in [0.5, 0.6) is 0 Å². The van der Waals surface area contributed by atoms with Crippen molar-refractivity contribution in [3.8, 4) is 0 Å². The maximum Gasteiger partial charge on any atom is 0.224 e. The summed E-state index contributed by atoms with van der Waals surface area (Å²) in [4.78, 5) is 10.4. The van der Waals surface area contributed by atoms with Crippen LogP contribution in [-0.2, 0) is 0 Å². The van der Waals surface area contributed by atoms with Crippen molar-refractivity contribution in [2.75, 3.05) is 23.3 Å². The fourth-order valence-corrected chi connectivity index (χ4v) is 2.05. The van der Waals surface area contributed by atoms with Crippen LogP contribution in [0.3, 0.4) is 0 Å².